The van der Waals surface area contributed by atoms with Crippen LogP contribution in [0.2, 0.25) is 0 Å². The number of carboxylic acid groups (broad SMARTS) is 1. The first-order valence-electron chi connectivity index (χ1n) is 7.35. The van der Waals surface area contributed by atoms with E-state index in [0.29, 0.717) is 6.54 Å². The van der Waals surface area contributed by atoms with Crippen LogP contribution in [0.5, 0.6) is 0 Å². The number of carbonyl (C=O) groups is 2. The van der Waals surface area contributed by atoms with E-state index in [1.54, 1.807) is 0 Å². The third kappa shape index (κ3) is 10.6. The summed E-state index contributed by atoms with van der Waals surface area (Å²) in [5.74, 6) is -0.402. The van der Waals surface area contributed by atoms with E-state index < -0.39 is 18.0 Å². The van der Waals surface area contributed by atoms with Gasteiger partial charge in [0.1, 0.15) is 6.04 Å². The van der Waals surface area contributed by atoms with Gasteiger partial charge in [0.2, 0.25) is 0 Å². The lowest BCUT2D eigenvalue weighted by atomic mass is 10.0. The molecule has 0 aromatic heterocycles. The average molecular weight is 288 g/mol. The van der Waals surface area contributed by atoms with Crippen molar-refractivity contribution >= 4 is 12.0 Å². The summed E-state index contributed by atoms with van der Waals surface area (Å²) in [5, 5.41) is 22.5. The monoisotopic (exact) mass is 288 g/mol. The van der Waals surface area contributed by atoms with Gasteiger partial charge in [-0.25, -0.2) is 9.59 Å². The van der Waals surface area contributed by atoms with Crippen molar-refractivity contribution in [2.45, 2.75) is 58.4 Å². The van der Waals surface area contributed by atoms with Crippen molar-refractivity contribution in [3.8, 4) is 0 Å². The van der Waals surface area contributed by atoms with Crippen molar-refractivity contribution in [1.82, 2.24) is 10.6 Å². The van der Waals surface area contributed by atoms with Crippen molar-refractivity contribution in [2.24, 2.45) is 5.92 Å². The van der Waals surface area contributed by atoms with Crippen LogP contribution in [0.3, 0.4) is 0 Å². The van der Waals surface area contributed by atoms with E-state index in [9.17, 15) is 9.59 Å². The zero-order valence-corrected chi connectivity index (χ0v) is 12.5. The number of rotatable bonds is 11. The predicted octanol–water partition coefficient (Wildman–Crippen LogP) is 1.73. The van der Waals surface area contributed by atoms with Crippen LogP contribution >= 0.6 is 0 Å². The molecule has 0 unspecified atom stereocenters. The molecule has 0 aromatic rings. The Kier molecular flexibility index (Phi) is 10.8. The molecule has 4 N–H and O–H groups in total. The van der Waals surface area contributed by atoms with Crippen LogP contribution in [0, 0.1) is 5.92 Å². The van der Waals surface area contributed by atoms with Gasteiger partial charge < -0.3 is 20.8 Å². The second-order valence-electron chi connectivity index (χ2n) is 5.40. The van der Waals surface area contributed by atoms with Gasteiger partial charge in [-0.2, -0.15) is 0 Å². The maximum atomic E-state index is 11.4. The van der Waals surface area contributed by atoms with Crippen LogP contribution in [-0.2, 0) is 4.79 Å². The quantitative estimate of drug-likeness (QED) is 0.435. The summed E-state index contributed by atoms with van der Waals surface area (Å²) in [6.45, 7) is 4.68. The zero-order chi connectivity index (χ0) is 15.4. The highest BCUT2D eigenvalue weighted by atomic mass is 16.4. The largest absolute Gasteiger partial charge is 0.480 e. The van der Waals surface area contributed by atoms with Crippen LogP contribution in [0.4, 0.5) is 4.79 Å². The van der Waals surface area contributed by atoms with Gasteiger partial charge >= 0.3 is 12.0 Å². The average Bonchev–Trinajstić information content (AvgIpc) is 2.36. The fraction of sp³-hybridized carbons (Fsp3) is 0.857. The summed E-state index contributed by atoms with van der Waals surface area (Å²) >= 11 is 0. The fourth-order valence-corrected chi connectivity index (χ4v) is 1.83. The Morgan fingerprint density at radius 1 is 1.05 bits per heavy atom. The number of carboxylic acids is 1. The number of urea groups is 1. The smallest absolute Gasteiger partial charge is 0.326 e. The molecule has 0 heterocycles. The first kappa shape index (κ1) is 18.7. The number of aliphatic hydroxyl groups is 1. The molecule has 0 aliphatic heterocycles. The summed E-state index contributed by atoms with van der Waals surface area (Å²) in [6, 6.07) is -1.53. The van der Waals surface area contributed by atoms with E-state index in [1.165, 1.54) is 12.8 Å². The van der Waals surface area contributed by atoms with Crippen LogP contribution < -0.4 is 10.6 Å². The van der Waals surface area contributed by atoms with Gasteiger partial charge in [-0.15, -0.1) is 0 Å². The molecule has 6 heteroatoms. The summed E-state index contributed by atoms with van der Waals surface area (Å²) in [5.41, 5.74) is 0. The predicted molar refractivity (Wildman–Crippen MR) is 77.6 cm³/mol. The molecule has 2 amide bonds. The Balaban J connectivity index is 3.60. The molecule has 0 aliphatic rings. The number of carbonyl (C=O) groups excluding carboxylic acids is 1. The van der Waals surface area contributed by atoms with Crippen molar-refractivity contribution in [2.75, 3.05) is 13.2 Å². The molecule has 0 spiro atoms. The molecule has 1 atom stereocenters. The molecular weight excluding hydrogens is 260 g/mol. The van der Waals surface area contributed by atoms with Crippen LogP contribution in [0.25, 0.3) is 0 Å². The van der Waals surface area contributed by atoms with E-state index in [1.807, 2.05) is 0 Å². The van der Waals surface area contributed by atoms with E-state index >= 15 is 0 Å². The van der Waals surface area contributed by atoms with Gasteiger partial charge in [0.25, 0.3) is 0 Å². The normalized spacial score (nSPS) is 12.2. The Morgan fingerprint density at radius 2 is 1.70 bits per heavy atom. The van der Waals surface area contributed by atoms with Crippen LogP contribution in [0.15, 0.2) is 0 Å². The van der Waals surface area contributed by atoms with Gasteiger partial charge in [0.05, 0.1) is 0 Å². The van der Waals surface area contributed by atoms with E-state index in [0.717, 1.165) is 25.2 Å². The highest BCUT2D eigenvalue weighted by Gasteiger charge is 2.18. The topological polar surface area (TPSA) is 98.7 Å². The minimum atomic E-state index is -1.14. The highest BCUT2D eigenvalue weighted by molar-refractivity contribution is 5.82. The first-order valence-corrected chi connectivity index (χ1v) is 7.35. The van der Waals surface area contributed by atoms with Crippen LogP contribution in [-0.4, -0.2) is 41.4 Å². The molecule has 20 heavy (non-hydrogen) atoms. The molecule has 0 saturated carbocycles. The standard InChI is InChI=1S/C14H28N2O4/c1-11(2)7-5-3-4-6-9-15-14(20)16-12(8-10-17)13(18)19/h11-12,17H,3-10H2,1-2H3,(H,18,19)(H2,15,16,20)/t12-/m1/s1. The van der Waals surface area contributed by atoms with E-state index in [4.69, 9.17) is 10.2 Å². The molecule has 0 bridgehead atoms. The second kappa shape index (κ2) is 11.5. The molecule has 0 rings (SSSR count). The lowest BCUT2D eigenvalue weighted by Crippen LogP contribution is -2.46. The zero-order valence-electron chi connectivity index (χ0n) is 12.5. The lowest BCUT2D eigenvalue weighted by Gasteiger charge is -2.13. The Bertz CT molecular complexity index is 282. The van der Waals surface area contributed by atoms with Crippen molar-refractivity contribution in [1.29, 1.82) is 0 Å². The Morgan fingerprint density at radius 3 is 2.25 bits per heavy atom. The number of amides is 2. The van der Waals surface area contributed by atoms with Crippen LogP contribution in [0.1, 0.15) is 52.4 Å². The van der Waals surface area contributed by atoms with Crippen molar-refractivity contribution in [3.63, 3.8) is 0 Å². The Labute approximate surface area is 120 Å². The summed E-state index contributed by atoms with van der Waals surface area (Å²) in [4.78, 5) is 22.2. The number of unbranched alkanes of at least 4 members (excludes halogenated alkanes) is 3. The third-order valence-corrected chi connectivity index (χ3v) is 3.02. The molecule has 0 radical (unpaired) electrons. The SMILES string of the molecule is CC(C)CCCCCCNC(=O)N[C@H](CCO)C(=O)O. The molecule has 0 fully saturated rings. The van der Waals surface area contributed by atoms with Gasteiger partial charge in [-0.3, -0.25) is 0 Å². The molecule has 6 nitrogen and oxygen atoms in total. The minimum Gasteiger partial charge on any atom is -0.480 e. The van der Waals surface area contributed by atoms with Crippen molar-refractivity contribution in [3.05, 3.63) is 0 Å². The van der Waals surface area contributed by atoms with E-state index in [2.05, 4.69) is 24.5 Å². The maximum Gasteiger partial charge on any atom is 0.326 e. The van der Waals surface area contributed by atoms with Gasteiger partial charge in [0.15, 0.2) is 0 Å². The minimum absolute atomic E-state index is 0.0119. The van der Waals surface area contributed by atoms with Gasteiger partial charge in [-0.1, -0.05) is 39.5 Å². The van der Waals surface area contributed by atoms with Crippen molar-refractivity contribution < 1.29 is 19.8 Å². The number of hydrogen-bond acceptors (Lipinski definition) is 3. The molecular formula is C14H28N2O4. The molecule has 0 aliphatic carbocycles. The lowest BCUT2D eigenvalue weighted by molar-refractivity contribution is -0.139. The summed E-state index contributed by atoms with van der Waals surface area (Å²) in [6.07, 6.45) is 5.56. The molecule has 118 valence electrons. The first-order chi connectivity index (χ1) is 9.47. The number of nitrogens with one attached hydrogen (secondary N) is 2. The highest BCUT2D eigenvalue weighted by Crippen LogP contribution is 2.08. The van der Waals surface area contributed by atoms with Gasteiger partial charge in [0, 0.05) is 19.6 Å². The van der Waals surface area contributed by atoms with Gasteiger partial charge in [-0.05, 0) is 12.3 Å². The second-order valence-corrected chi connectivity index (χ2v) is 5.40. The summed E-state index contributed by atoms with van der Waals surface area (Å²) < 4.78 is 0. The molecule has 0 saturated heterocycles. The maximum absolute atomic E-state index is 11.4. The third-order valence-electron chi connectivity index (χ3n) is 3.02. The van der Waals surface area contributed by atoms with E-state index in [-0.39, 0.29) is 13.0 Å². The Hall–Kier alpha value is -1.30. The number of aliphatic hydroxyl groups excluding tert-OH is 1. The number of aliphatic carboxylic acids is 1. The number of hydrogen-bond donors (Lipinski definition) is 4. The fourth-order valence-electron chi connectivity index (χ4n) is 1.83. The summed E-state index contributed by atoms with van der Waals surface area (Å²) in [7, 11) is 0. The molecule has 0 aromatic carbocycles.